The molecule has 0 bridgehead atoms. The van der Waals surface area contributed by atoms with Gasteiger partial charge < -0.3 is 20.6 Å². The highest BCUT2D eigenvalue weighted by molar-refractivity contribution is 4.97. The normalized spacial score (nSPS) is 26.7. The van der Waals surface area contributed by atoms with Gasteiger partial charge in [-0.2, -0.15) is 0 Å². The van der Waals surface area contributed by atoms with Crippen molar-refractivity contribution in [3.63, 3.8) is 0 Å². The first-order valence-corrected chi connectivity index (χ1v) is 9.81. The lowest BCUT2D eigenvalue weighted by Crippen LogP contribution is -2.66. The standard InChI is InChI=1S/C19H39NO3/c1-3-15(2)13-16(22)11-9-7-5-4-6-8-10-12-17-19(23)18(14-21)20-17/h15-23H,3-14H2,1-2H3/t15-,16+,17-,18-,19+/m0/s1. The maximum absolute atomic E-state index is 9.92. The Hall–Kier alpha value is -0.160. The van der Waals surface area contributed by atoms with E-state index in [2.05, 4.69) is 19.2 Å². The highest BCUT2D eigenvalue weighted by Gasteiger charge is 2.37. The fourth-order valence-electron chi connectivity index (χ4n) is 3.43. The van der Waals surface area contributed by atoms with Gasteiger partial charge in [-0.05, 0) is 25.2 Å². The van der Waals surface area contributed by atoms with Crippen LogP contribution in [-0.2, 0) is 0 Å². The quantitative estimate of drug-likeness (QED) is 0.370. The minimum Gasteiger partial charge on any atom is -0.395 e. The van der Waals surface area contributed by atoms with E-state index in [1.165, 1.54) is 32.1 Å². The Morgan fingerprint density at radius 1 is 0.957 bits per heavy atom. The van der Waals surface area contributed by atoms with Gasteiger partial charge in [-0.15, -0.1) is 0 Å². The third-order valence-corrected chi connectivity index (χ3v) is 5.37. The van der Waals surface area contributed by atoms with E-state index in [1.54, 1.807) is 0 Å². The Bertz CT molecular complexity index is 288. The van der Waals surface area contributed by atoms with Crippen LogP contribution in [0.5, 0.6) is 0 Å². The van der Waals surface area contributed by atoms with E-state index < -0.39 is 0 Å². The molecule has 1 heterocycles. The lowest BCUT2D eigenvalue weighted by atomic mass is 9.89. The summed E-state index contributed by atoms with van der Waals surface area (Å²) in [7, 11) is 0. The molecule has 4 N–H and O–H groups in total. The van der Waals surface area contributed by atoms with Gasteiger partial charge >= 0.3 is 0 Å². The number of nitrogens with one attached hydrogen (secondary N) is 1. The molecule has 4 nitrogen and oxygen atoms in total. The summed E-state index contributed by atoms with van der Waals surface area (Å²) in [6.45, 7) is 4.43. The second-order valence-electron chi connectivity index (χ2n) is 7.51. The average Bonchev–Trinajstić information content (AvgIpc) is 2.54. The summed E-state index contributed by atoms with van der Waals surface area (Å²) in [5.41, 5.74) is 0. The number of hydrogen-bond acceptors (Lipinski definition) is 4. The molecule has 0 saturated carbocycles. The second-order valence-corrected chi connectivity index (χ2v) is 7.51. The summed E-state index contributed by atoms with van der Waals surface area (Å²) in [5, 5.41) is 31.8. The number of rotatable bonds is 14. The molecule has 5 atom stereocenters. The summed E-state index contributed by atoms with van der Waals surface area (Å²) >= 11 is 0. The van der Waals surface area contributed by atoms with Crippen molar-refractivity contribution in [1.29, 1.82) is 0 Å². The second kappa shape index (κ2) is 12.2. The monoisotopic (exact) mass is 329 g/mol. The van der Waals surface area contributed by atoms with Gasteiger partial charge in [0.25, 0.3) is 0 Å². The number of unbranched alkanes of at least 4 members (excludes halogenated alkanes) is 6. The van der Waals surface area contributed by atoms with Crippen LogP contribution >= 0.6 is 0 Å². The van der Waals surface area contributed by atoms with Crippen LogP contribution in [0.2, 0.25) is 0 Å². The van der Waals surface area contributed by atoms with Gasteiger partial charge in [0.2, 0.25) is 0 Å². The molecule has 0 unspecified atom stereocenters. The Labute approximate surface area is 142 Å². The molecule has 23 heavy (non-hydrogen) atoms. The topological polar surface area (TPSA) is 72.7 Å². The summed E-state index contributed by atoms with van der Waals surface area (Å²) in [6, 6.07) is 0.0924. The van der Waals surface area contributed by atoms with Crippen LogP contribution in [0.15, 0.2) is 0 Å². The van der Waals surface area contributed by atoms with Crippen LogP contribution < -0.4 is 5.32 Å². The zero-order valence-electron chi connectivity index (χ0n) is 15.2. The molecule has 1 aliphatic rings. The van der Waals surface area contributed by atoms with Crippen LogP contribution in [-0.4, -0.2) is 46.2 Å². The SMILES string of the molecule is CC[C@H](C)C[C@H](O)CCCCCCCCC[C@@H]1N[C@@H](CO)[C@@H]1O. The van der Waals surface area contributed by atoms with E-state index in [-0.39, 0.29) is 30.9 Å². The summed E-state index contributed by atoms with van der Waals surface area (Å²) in [5.74, 6) is 0.640. The van der Waals surface area contributed by atoms with E-state index in [1.807, 2.05) is 0 Å². The van der Waals surface area contributed by atoms with Crippen LogP contribution in [0.1, 0.15) is 84.5 Å². The summed E-state index contributed by atoms with van der Waals surface area (Å²) < 4.78 is 0. The molecule has 0 radical (unpaired) electrons. The number of hydrogen-bond donors (Lipinski definition) is 4. The minimum atomic E-state index is -0.359. The molecule has 1 aliphatic heterocycles. The van der Waals surface area contributed by atoms with Crippen molar-refractivity contribution < 1.29 is 15.3 Å². The van der Waals surface area contributed by atoms with Gasteiger partial charge in [0.15, 0.2) is 0 Å². The third kappa shape index (κ3) is 8.48. The van der Waals surface area contributed by atoms with E-state index in [9.17, 15) is 10.2 Å². The molecular formula is C19H39NO3. The van der Waals surface area contributed by atoms with Gasteiger partial charge in [-0.3, -0.25) is 0 Å². The number of aliphatic hydroxyl groups excluding tert-OH is 3. The average molecular weight is 330 g/mol. The van der Waals surface area contributed by atoms with Crippen molar-refractivity contribution in [2.24, 2.45) is 5.92 Å². The molecule has 0 spiro atoms. The fraction of sp³-hybridized carbons (Fsp3) is 1.00. The van der Waals surface area contributed by atoms with Gasteiger partial charge in [-0.25, -0.2) is 0 Å². The first kappa shape index (κ1) is 20.9. The lowest BCUT2D eigenvalue weighted by Gasteiger charge is -2.42. The molecule has 0 aromatic heterocycles. The van der Waals surface area contributed by atoms with Gasteiger partial charge in [0.1, 0.15) is 0 Å². The predicted molar refractivity (Wildman–Crippen MR) is 95.4 cm³/mol. The van der Waals surface area contributed by atoms with Crippen molar-refractivity contribution >= 4 is 0 Å². The van der Waals surface area contributed by atoms with Gasteiger partial charge in [0.05, 0.1) is 24.9 Å². The Morgan fingerprint density at radius 2 is 1.57 bits per heavy atom. The molecule has 0 aromatic carbocycles. The minimum absolute atomic E-state index is 0.0315. The van der Waals surface area contributed by atoms with Crippen molar-refractivity contribution in [2.45, 2.75) is 109 Å². The maximum Gasteiger partial charge on any atom is 0.0868 e. The maximum atomic E-state index is 9.92. The fourth-order valence-corrected chi connectivity index (χ4v) is 3.43. The lowest BCUT2D eigenvalue weighted by molar-refractivity contribution is -0.0192. The van der Waals surface area contributed by atoms with E-state index in [0.717, 1.165) is 38.5 Å². The van der Waals surface area contributed by atoms with Crippen molar-refractivity contribution in [3.8, 4) is 0 Å². The van der Waals surface area contributed by atoms with E-state index in [4.69, 9.17) is 5.11 Å². The highest BCUT2D eigenvalue weighted by atomic mass is 16.3. The smallest absolute Gasteiger partial charge is 0.0868 e. The Balaban J connectivity index is 1.82. The molecule has 1 rings (SSSR count). The van der Waals surface area contributed by atoms with Gasteiger partial charge in [-0.1, -0.05) is 65.2 Å². The van der Waals surface area contributed by atoms with Crippen molar-refractivity contribution in [3.05, 3.63) is 0 Å². The molecule has 1 fully saturated rings. The number of aliphatic hydroxyl groups is 3. The first-order chi connectivity index (χ1) is 11.1. The predicted octanol–water partition coefficient (Wildman–Crippen LogP) is 2.99. The molecule has 4 heteroatoms. The zero-order chi connectivity index (χ0) is 17.1. The first-order valence-electron chi connectivity index (χ1n) is 9.81. The van der Waals surface area contributed by atoms with Crippen LogP contribution in [0.4, 0.5) is 0 Å². The van der Waals surface area contributed by atoms with Crippen molar-refractivity contribution in [2.75, 3.05) is 6.61 Å². The summed E-state index contributed by atoms with van der Waals surface area (Å²) in [4.78, 5) is 0. The third-order valence-electron chi connectivity index (χ3n) is 5.37. The zero-order valence-corrected chi connectivity index (χ0v) is 15.2. The van der Waals surface area contributed by atoms with Crippen LogP contribution in [0.25, 0.3) is 0 Å². The molecule has 138 valence electrons. The largest absolute Gasteiger partial charge is 0.395 e. The summed E-state index contributed by atoms with van der Waals surface area (Å²) in [6.07, 6.45) is 12.2. The Kier molecular flexibility index (Phi) is 11.1. The Morgan fingerprint density at radius 3 is 2.13 bits per heavy atom. The molecule has 0 aliphatic carbocycles. The molecule has 0 aromatic rings. The van der Waals surface area contributed by atoms with Crippen LogP contribution in [0.3, 0.4) is 0 Å². The van der Waals surface area contributed by atoms with E-state index >= 15 is 0 Å². The highest BCUT2D eigenvalue weighted by Crippen LogP contribution is 2.19. The van der Waals surface area contributed by atoms with E-state index in [0.29, 0.717) is 5.92 Å². The molecule has 0 amide bonds. The molecular weight excluding hydrogens is 290 g/mol. The molecule has 1 saturated heterocycles. The van der Waals surface area contributed by atoms with Crippen molar-refractivity contribution in [1.82, 2.24) is 5.32 Å². The van der Waals surface area contributed by atoms with Gasteiger partial charge in [0, 0.05) is 6.04 Å². The van der Waals surface area contributed by atoms with Crippen LogP contribution in [0, 0.1) is 5.92 Å².